The average molecular weight is 263 g/mol. The molecule has 104 valence electrons. The number of rotatable bonds is 4. The van der Waals surface area contributed by atoms with Gasteiger partial charge >= 0.3 is 0 Å². The molecular weight excluding hydrogens is 242 g/mol. The first-order valence-corrected chi connectivity index (χ1v) is 6.61. The van der Waals surface area contributed by atoms with Crippen LogP contribution in [0.5, 0.6) is 0 Å². The third-order valence-corrected chi connectivity index (χ3v) is 3.66. The number of benzene rings is 1. The van der Waals surface area contributed by atoms with E-state index in [0.717, 1.165) is 24.9 Å². The zero-order valence-corrected chi connectivity index (χ0v) is 11.0. The fourth-order valence-corrected chi connectivity index (χ4v) is 2.52. The van der Waals surface area contributed by atoms with Gasteiger partial charge in [-0.2, -0.15) is 0 Å². The van der Waals surface area contributed by atoms with Crippen LogP contribution in [0, 0.1) is 5.92 Å². The van der Waals surface area contributed by atoms with E-state index in [1.807, 2.05) is 12.1 Å². The number of carbonyl (C=O) groups excluding carboxylic acids is 1. The Labute approximate surface area is 113 Å². The van der Waals surface area contributed by atoms with Crippen molar-refractivity contribution < 1.29 is 9.90 Å². The second-order valence-corrected chi connectivity index (χ2v) is 5.18. The number of nitrogens with zero attached hydrogens (tertiary/aromatic N) is 1. The average Bonchev–Trinajstić information content (AvgIpc) is 2.39. The smallest absolute Gasteiger partial charge is 0.221 e. The van der Waals surface area contributed by atoms with Crippen LogP contribution in [0.3, 0.4) is 0 Å². The Kier molecular flexibility index (Phi) is 4.39. The molecule has 19 heavy (non-hydrogen) atoms. The van der Waals surface area contributed by atoms with E-state index >= 15 is 0 Å². The minimum absolute atomic E-state index is 0.0904. The minimum atomic E-state index is -0.563. The molecule has 2 unspecified atom stereocenters. The Balaban J connectivity index is 1.93. The van der Waals surface area contributed by atoms with Gasteiger partial charge in [0.25, 0.3) is 0 Å². The first-order valence-electron chi connectivity index (χ1n) is 6.61. The molecule has 0 bridgehead atoms. The number of hydrogen-bond donors (Lipinski definition) is 3. The molecule has 0 spiro atoms. The summed E-state index contributed by atoms with van der Waals surface area (Å²) in [5.74, 6) is -0.334. The maximum absolute atomic E-state index is 11.2. The lowest BCUT2D eigenvalue weighted by Gasteiger charge is -2.32. The highest BCUT2D eigenvalue weighted by Gasteiger charge is 2.25. The second-order valence-electron chi connectivity index (χ2n) is 5.18. The van der Waals surface area contributed by atoms with Crippen molar-refractivity contribution in [2.24, 2.45) is 11.7 Å². The van der Waals surface area contributed by atoms with Gasteiger partial charge in [-0.15, -0.1) is 0 Å². The number of carbonyl (C=O) groups is 1. The minimum Gasteiger partial charge on any atom is -0.399 e. The van der Waals surface area contributed by atoms with E-state index in [1.165, 1.54) is 0 Å². The number of piperidine rings is 1. The van der Waals surface area contributed by atoms with Crippen molar-refractivity contribution in [2.45, 2.75) is 18.9 Å². The number of amides is 1. The van der Waals surface area contributed by atoms with Crippen molar-refractivity contribution in [3.8, 4) is 0 Å². The van der Waals surface area contributed by atoms with E-state index in [0.29, 0.717) is 18.8 Å². The zero-order valence-electron chi connectivity index (χ0n) is 11.0. The van der Waals surface area contributed by atoms with Gasteiger partial charge in [0.1, 0.15) is 0 Å². The number of β-amino-alcohol motifs (C(OH)–C–C–N with tert-alkyl or cyclic N) is 1. The maximum atomic E-state index is 11.2. The van der Waals surface area contributed by atoms with Crippen molar-refractivity contribution >= 4 is 11.6 Å². The molecule has 1 aliphatic rings. The van der Waals surface area contributed by atoms with Gasteiger partial charge in [-0.05, 0) is 37.1 Å². The lowest BCUT2D eigenvalue weighted by molar-refractivity contribution is -0.123. The van der Waals surface area contributed by atoms with Crippen LogP contribution in [0.15, 0.2) is 24.3 Å². The Morgan fingerprint density at radius 2 is 2.11 bits per heavy atom. The Morgan fingerprint density at radius 1 is 1.42 bits per heavy atom. The van der Waals surface area contributed by atoms with E-state index in [4.69, 9.17) is 11.5 Å². The van der Waals surface area contributed by atoms with Gasteiger partial charge in [0.05, 0.1) is 12.0 Å². The van der Waals surface area contributed by atoms with Gasteiger partial charge in [-0.3, -0.25) is 9.69 Å². The highest BCUT2D eigenvalue weighted by molar-refractivity contribution is 5.76. The van der Waals surface area contributed by atoms with Crippen LogP contribution < -0.4 is 11.5 Å². The zero-order chi connectivity index (χ0) is 13.8. The summed E-state index contributed by atoms with van der Waals surface area (Å²) >= 11 is 0. The molecule has 1 amide bonds. The lowest BCUT2D eigenvalue weighted by Crippen LogP contribution is -2.42. The highest BCUT2D eigenvalue weighted by Crippen LogP contribution is 2.21. The summed E-state index contributed by atoms with van der Waals surface area (Å²) in [4.78, 5) is 13.3. The van der Waals surface area contributed by atoms with Gasteiger partial charge in [0.15, 0.2) is 0 Å². The van der Waals surface area contributed by atoms with Crippen molar-refractivity contribution in [1.29, 1.82) is 0 Å². The molecule has 0 aliphatic carbocycles. The molecule has 2 atom stereocenters. The number of nitrogen functional groups attached to an aromatic ring is 1. The lowest BCUT2D eigenvalue weighted by atomic mass is 9.97. The Bertz CT molecular complexity index is 433. The number of likely N-dealkylation sites (tertiary alicyclic amines) is 1. The highest BCUT2D eigenvalue weighted by atomic mass is 16.3. The predicted octanol–water partition coefficient (Wildman–Crippen LogP) is 0.499. The normalized spacial score (nSPS) is 22.1. The molecule has 0 saturated carbocycles. The van der Waals surface area contributed by atoms with Gasteiger partial charge < -0.3 is 16.6 Å². The summed E-state index contributed by atoms with van der Waals surface area (Å²) in [6, 6.07) is 7.22. The Morgan fingerprint density at radius 3 is 2.74 bits per heavy atom. The van der Waals surface area contributed by atoms with E-state index in [1.54, 1.807) is 12.1 Å². The summed E-state index contributed by atoms with van der Waals surface area (Å²) in [5, 5.41) is 10.2. The fourth-order valence-electron chi connectivity index (χ4n) is 2.52. The monoisotopic (exact) mass is 263 g/mol. The summed E-state index contributed by atoms with van der Waals surface area (Å²) in [5.41, 5.74) is 12.5. The summed E-state index contributed by atoms with van der Waals surface area (Å²) < 4.78 is 0. The van der Waals surface area contributed by atoms with Gasteiger partial charge in [-0.25, -0.2) is 0 Å². The molecule has 1 heterocycles. The van der Waals surface area contributed by atoms with E-state index < -0.39 is 6.10 Å². The van der Waals surface area contributed by atoms with Crippen LogP contribution in [-0.4, -0.2) is 35.5 Å². The molecule has 1 aliphatic heterocycles. The van der Waals surface area contributed by atoms with Crippen molar-refractivity contribution in [3.63, 3.8) is 0 Å². The quantitative estimate of drug-likeness (QED) is 0.690. The van der Waals surface area contributed by atoms with E-state index in [2.05, 4.69) is 4.90 Å². The van der Waals surface area contributed by atoms with Crippen LogP contribution in [-0.2, 0) is 4.79 Å². The largest absolute Gasteiger partial charge is 0.399 e. The molecule has 5 heteroatoms. The standard InChI is InChI=1S/C14H21N3O2/c15-12-5-3-10(4-6-12)13(18)9-17-7-1-2-11(8-17)14(16)19/h3-6,11,13,18H,1-2,7-9,15H2,(H2,16,19). The molecule has 1 saturated heterocycles. The summed E-state index contributed by atoms with van der Waals surface area (Å²) in [6.07, 6.45) is 1.23. The van der Waals surface area contributed by atoms with Crippen molar-refractivity contribution in [3.05, 3.63) is 29.8 Å². The molecule has 0 radical (unpaired) electrons. The van der Waals surface area contributed by atoms with Gasteiger partial charge in [-0.1, -0.05) is 12.1 Å². The molecule has 1 aromatic rings. The van der Waals surface area contributed by atoms with Gasteiger partial charge in [0.2, 0.25) is 5.91 Å². The number of nitrogens with two attached hydrogens (primary N) is 2. The van der Waals surface area contributed by atoms with Crippen LogP contribution in [0.25, 0.3) is 0 Å². The maximum Gasteiger partial charge on any atom is 0.221 e. The first kappa shape index (κ1) is 13.8. The molecular formula is C14H21N3O2. The summed E-state index contributed by atoms with van der Waals surface area (Å²) in [6.45, 7) is 2.06. The fraction of sp³-hybridized carbons (Fsp3) is 0.500. The van der Waals surface area contributed by atoms with Crippen LogP contribution in [0.4, 0.5) is 5.69 Å². The first-order chi connectivity index (χ1) is 9.06. The molecule has 0 aromatic heterocycles. The number of primary amides is 1. The van der Waals surface area contributed by atoms with E-state index in [-0.39, 0.29) is 11.8 Å². The second kappa shape index (κ2) is 6.04. The van der Waals surface area contributed by atoms with Gasteiger partial charge in [0, 0.05) is 18.8 Å². The van der Waals surface area contributed by atoms with Crippen LogP contribution >= 0.6 is 0 Å². The van der Waals surface area contributed by atoms with Crippen molar-refractivity contribution in [1.82, 2.24) is 4.90 Å². The van der Waals surface area contributed by atoms with E-state index in [9.17, 15) is 9.90 Å². The van der Waals surface area contributed by atoms with Crippen LogP contribution in [0.2, 0.25) is 0 Å². The topological polar surface area (TPSA) is 92.6 Å². The predicted molar refractivity (Wildman–Crippen MR) is 74.2 cm³/mol. The third kappa shape index (κ3) is 3.68. The molecule has 1 fully saturated rings. The van der Waals surface area contributed by atoms with Crippen LogP contribution in [0.1, 0.15) is 24.5 Å². The number of aliphatic hydroxyl groups is 1. The summed E-state index contributed by atoms with van der Waals surface area (Å²) in [7, 11) is 0. The third-order valence-electron chi connectivity index (χ3n) is 3.66. The number of hydrogen-bond acceptors (Lipinski definition) is 4. The molecule has 5 nitrogen and oxygen atoms in total. The SMILES string of the molecule is NC(=O)C1CCCN(CC(O)c2ccc(N)cc2)C1. The number of anilines is 1. The van der Waals surface area contributed by atoms with Crippen molar-refractivity contribution in [2.75, 3.05) is 25.4 Å². The molecule has 2 rings (SSSR count). The Hall–Kier alpha value is -1.59. The number of aliphatic hydroxyl groups excluding tert-OH is 1. The molecule has 5 N–H and O–H groups in total. The molecule has 1 aromatic carbocycles.